The summed E-state index contributed by atoms with van der Waals surface area (Å²) in [4.78, 5) is 12.2. The van der Waals surface area contributed by atoms with Crippen LogP contribution in [0.5, 0.6) is 0 Å². The number of hydrogen-bond acceptors (Lipinski definition) is 4. The molecular weight excluding hydrogens is 292 g/mol. The van der Waals surface area contributed by atoms with Crippen molar-refractivity contribution in [2.45, 2.75) is 32.0 Å². The number of furan rings is 1. The van der Waals surface area contributed by atoms with E-state index in [1.807, 2.05) is 36.4 Å². The lowest BCUT2D eigenvalue weighted by molar-refractivity contribution is 0.0857. The number of carbonyl (C=O) groups excluding carboxylic acids is 1. The number of benzene rings is 1. The van der Waals surface area contributed by atoms with E-state index < -0.39 is 0 Å². The van der Waals surface area contributed by atoms with Crippen molar-refractivity contribution in [3.63, 3.8) is 0 Å². The second-order valence-corrected chi connectivity index (χ2v) is 5.73. The van der Waals surface area contributed by atoms with E-state index in [2.05, 4.69) is 10.6 Å². The molecular formula is C18H22N2O3. The largest absolute Gasteiger partial charge is 0.468 e. The highest BCUT2D eigenvalue weighted by Crippen LogP contribution is 2.11. The number of nitrogens with one attached hydrogen (secondary N) is 2. The van der Waals surface area contributed by atoms with Gasteiger partial charge in [-0.2, -0.15) is 0 Å². The first kappa shape index (κ1) is 15.8. The van der Waals surface area contributed by atoms with Crippen LogP contribution in [0.4, 0.5) is 0 Å². The number of hydrogen-bond donors (Lipinski definition) is 2. The molecule has 1 aromatic heterocycles. The van der Waals surface area contributed by atoms with E-state index in [0.29, 0.717) is 25.2 Å². The van der Waals surface area contributed by atoms with Crippen LogP contribution < -0.4 is 10.6 Å². The van der Waals surface area contributed by atoms with Gasteiger partial charge in [-0.3, -0.25) is 4.79 Å². The van der Waals surface area contributed by atoms with Gasteiger partial charge in [0.05, 0.1) is 18.9 Å². The van der Waals surface area contributed by atoms with Gasteiger partial charge < -0.3 is 19.8 Å². The van der Waals surface area contributed by atoms with E-state index in [1.165, 1.54) is 0 Å². The summed E-state index contributed by atoms with van der Waals surface area (Å²) in [5, 5.41) is 6.25. The Morgan fingerprint density at radius 2 is 2.17 bits per heavy atom. The van der Waals surface area contributed by atoms with Crippen molar-refractivity contribution in [2.24, 2.45) is 0 Å². The maximum Gasteiger partial charge on any atom is 0.251 e. The lowest BCUT2D eigenvalue weighted by Crippen LogP contribution is -2.31. The van der Waals surface area contributed by atoms with Crippen molar-refractivity contribution in [2.75, 3.05) is 13.2 Å². The topological polar surface area (TPSA) is 63.5 Å². The normalized spacial score (nSPS) is 17.3. The molecule has 1 amide bonds. The van der Waals surface area contributed by atoms with E-state index in [9.17, 15) is 4.79 Å². The van der Waals surface area contributed by atoms with Gasteiger partial charge in [0, 0.05) is 25.3 Å². The van der Waals surface area contributed by atoms with Crippen molar-refractivity contribution in [3.8, 4) is 0 Å². The van der Waals surface area contributed by atoms with Gasteiger partial charge in [-0.25, -0.2) is 0 Å². The lowest BCUT2D eigenvalue weighted by Gasteiger charge is -2.11. The molecule has 23 heavy (non-hydrogen) atoms. The number of amides is 1. The predicted molar refractivity (Wildman–Crippen MR) is 87.0 cm³/mol. The highest BCUT2D eigenvalue weighted by atomic mass is 16.5. The summed E-state index contributed by atoms with van der Waals surface area (Å²) in [6, 6.07) is 11.5. The minimum absolute atomic E-state index is 0.0478. The summed E-state index contributed by atoms with van der Waals surface area (Å²) in [5.74, 6) is 0.851. The average Bonchev–Trinajstić information content (AvgIpc) is 3.26. The fraction of sp³-hybridized carbons (Fsp3) is 0.389. The van der Waals surface area contributed by atoms with E-state index in [4.69, 9.17) is 9.15 Å². The molecule has 1 aliphatic heterocycles. The van der Waals surface area contributed by atoms with E-state index >= 15 is 0 Å². The molecule has 5 nitrogen and oxygen atoms in total. The van der Waals surface area contributed by atoms with Gasteiger partial charge in [-0.15, -0.1) is 0 Å². The van der Waals surface area contributed by atoms with E-state index in [-0.39, 0.29) is 12.0 Å². The predicted octanol–water partition coefficient (Wildman–Crippen LogP) is 2.48. The van der Waals surface area contributed by atoms with Crippen molar-refractivity contribution < 1.29 is 13.9 Å². The van der Waals surface area contributed by atoms with E-state index in [1.54, 1.807) is 6.26 Å². The molecule has 5 heteroatoms. The Bertz CT molecular complexity index is 619. The summed E-state index contributed by atoms with van der Waals surface area (Å²) in [6.07, 6.45) is 3.93. The fourth-order valence-electron chi connectivity index (χ4n) is 2.68. The van der Waals surface area contributed by atoms with Crippen molar-refractivity contribution in [3.05, 3.63) is 59.5 Å². The summed E-state index contributed by atoms with van der Waals surface area (Å²) < 4.78 is 10.8. The summed E-state index contributed by atoms with van der Waals surface area (Å²) in [5.41, 5.74) is 1.75. The van der Waals surface area contributed by atoms with Crippen LogP contribution in [0.3, 0.4) is 0 Å². The second kappa shape index (κ2) is 7.94. The number of rotatable bonds is 7. The van der Waals surface area contributed by atoms with E-state index in [0.717, 1.165) is 30.8 Å². The van der Waals surface area contributed by atoms with Crippen LogP contribution in [0.2, 0.25) is 0 Å². The van der Waals surface area contributed by atoms with Crippen LogP contribution in [0.25, 0.3) is 0 Å². The van der Waals surface area contributed by atoms with Gasteiger partial charge in [0.2, 0.25) is 0 Å². The molecule has 0 radical (unpaired) electrons. The van der Waals surface area contributed by atoms with Crippen LogP contribution in [0, 0.1) is 0 Å². The standard InChI is InChI=1S/C18H22N2O3/c21-18(20-13-17-7-3-9-23-17)15-5-1-4-14(10-15)11-19-12-16-6-2-8-22-16/h1-2,4-6,8,10,17,19H,3,7,9,11-13H2,(H,20,21)/t17-/m0/s1. The Kier molecular flexibility index (Phi) is 5.45. The molecule has 0 saturated carbocycles. The molecule has 1 aliphatic rings. The third kappa shape index (κ3) is 4.68. The number of ether oxygens (including phenoxy) is 1. The zero-order valence-electron chi connectivity index (χ0n) is 13.1. The first-order chi connectivity index (χ1) is 11.3. The quantitative estimate of drug-likeness (QED) is 0.824. The molecule has 122 valence electrons. The molecule has 1 saturated heterocycles. The maximum atomic E-state index is 12.2. The van der Waals surface area contributed by atoms with Crippen molar-refractivity contribution in [1.82, 2.24) is 10.6 Å². The smallest absolute Gasteiger partial charge is 0.251 e. The Balaban J connectivity index is 1.48. The van der Waals surface area contributed by atoms with Gasteiger partial charge in [-0.1, -0.05) is 12.1 Å². The molecule has 1 aromatic carbocycles. The van der Waals surface area contributed by atoms with Crippen molar-refractivity contribution >= 4 is 5.91 Å². The monoisotopic (exact) mass is 314 g/mol. The molecule has 0 aliphatic carbocycles. The molecule has 2 heterocycles. The summed E-state index contributed by atoms with van der Waals surface area (Å²) in [7, 11) is 0. The first-order valence-electron chi connectivity index (χ1n) is 8.03. The summed E-state index contributed by atoms with van der Waals surface area (Å²) in [6.45, 7) is 2.74. The average molecular weight is 314 g/mol. The molecule has 3 rings (SSSR count). The molecule has 2 aromatic rings. The summed E-state index contributed by atoms with van der Waals surface area (Å²) >= 11 is 0. The van der Waals surface area contributed by atoms with Crippen LogP contribution in [0.1, 0.15) is 34.5 Å². The van der Waals surface area contributed by atoms with Gasteiger partial charge in [0.15, 0.2) is 0 Å². The van der Waals surface area contributed by atoms with Gasteiger partial charge >= 0.3 is 0 Å². The molecule has 1 atom stereocenters. The Hall–Kier alpha value is -2.11. The fourth-order valence-corrected chi connectivity index (χ4v) is 2.68. The lowest BCUT2D eigenvalue weighted by atomic mass is 10.1. The Morgan fingerprint density at radius 1 is 1.22 bits per heavy atom. The second-order valence-electron chi connectivity index (χ2n) is 5.73. The number of carbonyl (C=O) groups is 1. The molecule has 1 fully saturated rings. The third-order valence-electron chi connectivity index (χ3n) is 3.91. The third-order valence-corrected chi connectivity index (χ3v) is 3.91. The van der Waals surface area contributed by atoms with Crippen LogP contribution >= 0.6 is 0 Å². The maximum absolute atomic E-state index is 12.2. The molecule has 0 unspecified atom stereocenters. The van der Waals surface area contributed by atoms with Gasteiger partial charge in [0.25, 0.3) is 5.91 Å². The highest BCUT2D eigenvalue weighted by molar-refractivity contribution is 5.94. The van der Waals surface area contributed by atoms with Crippen LogP contribution in [-0.2, 0) is 17.8 Å². The zero-order chi connectivity index (χ0) is 15.9. The molecule has 2 N–H and O–H groups in total. The van der Waals surface area contributed by atoms with Crippen LogP contribution in [-0.4, -0.2) is 25.2 Å². The highest BCUT2D eigenvalue weighted by Gasteiger charge is 2.16. The first-order valence-corrected chi connectivity index (χ1v) is 8.03. The Morgan fingerprint density at radius 3 is 2.96 bits per heavy atom. The molecule has 0 bridgehead atoms. The Labute approximate surface area is 136 Å². The van der Waals surface area contributed by atoms with Gasteiger partial charge in [0.1, 0.15) is 5.76 Å². The van der Waals surface area contributed by atoms with Gasteiger partial charge in [-0.05, 0) is 42.7 Å². The zero-order valence-corrected chi connectivity index (χ0v) is 13.1. The molecule has 0 spiro atoms. The van der Waals surface area contributed by atoms with Crippen molar-refractivity contribution in [1.29, 1.82) is 0 Å². The SMILES string of the molecule is O=C(NC[C@@H]1CCCO1)c1cccc(CNCc2ccco2)c1. The minimum Gasteiger partial charge on any atom is -0.468 e. The van der Waals surface area contributed by atoms with Crippen LogP contribution in [0.15, 0.2) is 47.1 Å². The minimum atomic E-state index is -0.0478.